The summed E-state index contributed by atoms with van der Waals surface area (Å²) in [6.07, 6.45) is 3.39. The molecule has 1 aromatic heterocycles. The van der Waals surface area contributed by atoms with Gasteiger partial charge in [-0.2, -0.15) is 0 Å². The molecule has 78 valence electrons. The summed E-state index contributed by atoms with van der Waals surface area (Å²) >= 11 is 0. The number of ether oxygens (including phenoxy) is 2. The standard InChI is InChI=1S/C9H15N3O2/c1-13-7-8(14-2)6-12-9-10-4-3-5-11-9/h3-5,8H,6-7H2,1-2H3,(H,10,11,12). The first-order chi connectivity index (χ1) is 6.86. The Balaban J connectivity index is 2.32. The van der Waals surface area contributed by atoms with Gasteiger partial charge in [0.1, 0.15) is 0 Å². The molecule has 0 fully saturated rings. The van der Waals surface area contributed by atoms with Crippen LogP contribution in [0.15, 0.2) is 18.5 Å². The molecule has 0 aliphatic rings. The van der Waals surface area contributed by atoms with Crippen molar-refractivity contribution in [3.05, 3.63) is 18.5 Å². The Morgan fingerprint density at radius 1 is 1.36 bits per heavy atom. The minimum absolute atomic E-state index is 0.0174. The van der Waals surface area contributed by atoms with Crippen molar-refractivity contribution in [1.82, 2.24) is 9.97 Å². The Morgan fingerprint density at radius 3 is 2.64 bits per heavy atom. The highest BCUT2D eigenvalue weighted by molar-refractivity contribution is 5.22. The molecule has 0 aliphatic heterocycles. The second kappa shape index (κ2) is 6.28. The number of hydrogen-bond donors (Lipinski definition) is 1. The van der Waals surface area contributed by atoms with Gasteiger partial charge in [-0.25, -0.2) is 9.97 Å². The van der Waals surface area contributed by atoms with E-state index in [0.29, 0.717) is 19.1 Å². The Morgan fingerprint density at radius 2 is 2.07 bits per heavy atom. The van der Waals surface area contributed by atoms with E-state index in [0.717, 1.165) is 0 Å². The van der Waals surface area contributed by atoms with Crippen LogP contribution >= 0.6 is 0 Å². The maximum Gasteiger partial charge on any atom is 0.222 e. The molecule has 0 amide bonds. The second-order valence-corrected chi connectivity index (χ2v) is 2.77. The van der Waals surface area contributed by atoms with Crippen molar-refractivity contribution in [2.24, 2.45) is 0 Å². The molecule has 5 heteroatoms. The minimum atomic E-state index is 0.0174. The van der Waals surface area contributed by atoms with E-state index >= 15 is 0 Å². The lowest BCUT2D eigenvalue weighted by Crippen LogP contribution is -2.27. The molecule has 1 heterocycles. The van der Waals surface area contributed by atoms with Crippen LogP contribution in [0.25, 0.3) is 0 Å². The van der Waals surface area contributed by atoms with Gasteiger partial charge in [0.2, 0.25) is 5.95 Å². The summed E-state index contributed by atoms with van der Waals surface area (Å²) < 4.78 is 10.1. The summed E-state index contributed by atoms with van der Waals surface area (Å²) in [4.78, 5) is 8.05. The van der Waals surface area contributed by atoms with Gasteiger partial charge in [-0.15, -0.1) is 0 Å². The fraction of sp³-hybridized carbons (Fsp3) is 0.556. The highest BCUT2D eigenvalue weighted by Crippen LogP contribution is 1.96. The number of rotatable bonds is 6. The van der Waals surface area contributed by atoms with E-state index in [2.05, 4.69) is 15.3 Å². The van der Waals surface area contributed by atoms with Gasteiger partial charge in [-0.1, -0.05) is 0 Å². The van der Waals surface area contributed by atoms with Gasteiger partial charge in [0, 0.05) is 33.2 Å². The molecule has 0 spiro atoms. The summed E-state index contributed by atoms with van der Waals surface area (Å²) in [6.45, 7) is 1.19. The number of anilines is 1. The largest absolute Gasteiger partial charge is 0.382 e. The van der Waals surface area contributed by atoms with Gasteiger partial charge in [-0.3, -0.25) is 0 Å². The fourth-order valence-corrected chi connectivity index (χ4v) is 0.992. The van der Waals surface area contributed by atoms with E-state index in [1.807, 2.05) is 0 Å². The zero-order valence-electron chi connectivity index (χ0n) is 8.43. The molecule has 1 unspecified atom stereocenters. The third-order valence-corrected chi connectivity index (χ3v) is 1.74. The van der Waals surface area contributed by atoms with Crippen molar-refractivity contribution in [3.63, 3.8) is 0 Å². The Hall–Kier alpha value is -1.20. The zero-order valence-corrected chi connectivity index (χ0v) is 8.43. The van der Waals surface area contributed by atoms with Gasteiger partial charge < -0.3 is 14.8 Å². The van der Waals surface area contributed by atoms with Crippen molar-refractivity contribution in [2.45, 2.75) is 6.10 Å². The lowest BCUT2D eigenvalue weighted by molar-refractivity contribution is 0.0365. The maximum atomic E-state index is 5.17. The van der Waals surface area contributed by atoms with Gasteiger partial charge in [0.15, 0.2) is 0 Å². The molecule has 1 atom stereocenters. The third kappa shape index (κ3) is 3.68. The molecule has 0 bridgehead atoms. The fourth-order valence-electron chi connectivity index (χ4n) is 0.992. The minimum Gasteiger partial charge on any atom is -0.382 e. The Labute approximate surface area is 83.5 Å². The van der Waals surface area contributed by atoms with E-state index in [1.54, 1.807) is 32.7 Å². The average Bonchev–Trinajstić information content (AvgIpc) is 2.25. The Kier molecular flexibility index (Phi) is 4.88. The summed E-state index contributed by atoms with van der Waals surface area (Å²) in [5.41, 5.74) is 0. The Bertz CT molecular complexity index is 243. The van der Waals surface area contributed by atoms with E-state index in [-0.39, 0.29) is 6.10 Å². The lowest BCUT2D eigenvalue weighted by Gasteiger charge is -2.14. The maximum absolute atomic E-state index is 5.17. The summed E-state index contributed by atoms with van der Waals surface area (Å²) in [6, 6.07) is 1.77. The molecule has 1 N–H and O–H groups in total. The first kappa shape index (κ1) is 10.9. The molecule has 1 rings (SSSR count). The van der Waals surface area contributed by atoms with Crippen LogP contribution in [0.3, 0.4) is 0 Å². The van der Waals surface area contributed by atoms with Crippen molar-refractivity contribution in [3.8, 4) is 0 Å². The highest BCUT2D eigenvalue weighted by atomic mass is 16.5. The molecule has 14 heavy (non-hydrogen) atoms. The molecule has 0 aromatic carbocycles. The van der Waals surface area contributed by atoms with Crippen LogP contribution in [0.4, 0.5) is 5.95 Å². The van der Waals surface area contributed by atoms with E-state index < -0.39 is 0 Å². The van der Waals surface area contributed by atoms with Crippen LogP contribution in [-0.2, 0) is 9.47 Å². The summed E-state index contributed by atoms with van der Waals surface area (Å²) in [5, 5.41) is 3.05. The lowest BCUT2D eigenvalue weighted by atomic mass is 10.4. The molecule has 5 nitrogen and oxygen atoms in total. The third-order valence-electron chi connectivity index (χ3n) is 1.74. The van der Waals surface area contributed by atoms with Gasteiger partial charge in [-0.05, 0) is 6.07 Å². The summed E-state index contributed by atoms with van der Waals surface area (Å²) in [7, 11) is 3.29. The topological polar surface area (TPSA) is 56.3 Å². The van der Waals surface area contributed by atoms with E-state index in [4.69, 9.17) is 9.47 Å². The predicted molar refractivity (Wildman–Crippen MR) is 53.2 cm³/mol. The quantitative estimate of drug-likeness (QED) is 0.721. The zero-order chi connectivity index (χ0) is 10.2. The van der Waals surface area contributed by atoms with E-state index in [1.165, 1.54) is 0 Å². The molecule has 0 radical (unpaired) electrons. The highest BCUT2D eigenvalue weighted by Gasteiger charge is 2.06. The van der Waals surface area contributed by atoms with Crippen molar-refractivity contribution in [1.29, 1.82) is 0 Å². The van der Waals surface area contributed by atoms with Crippen molar-refractivity contribution < 1.29 is 9.47 Å². The number of hydrogen-bond acceptors (Lipinski definition) is 5. The monoisotopic (exact) mass is 197 g/mol. The van der Waals surface area contributed by atoms with Crippen LogP contribution in [0.5, 0.6) is 0 Å². The molecule has 0 aliphatic carbocycles. The second-order valence-electron chi connectivity index (χ2n) is 2.77. The SMILES string of the molecule is COCC(CNc1ncccn1)OC. The molecular formula is C9H15N3O2. The summed E-state index contributed by atoms with van der Waals surface area (Å²) in [5.74, 6) is 0.602. The number of methoxy groups -OCH3 is 2. The predicted octanol–water partition coefficient (Wildman–Crippen LogP) is 0.550. The molecule has 0 saturated heterocycles. The molecular weight excluding hydrogens is 182 g/mol. The van der Waals surface area contributed by atoms with Crippen LogP contribution in [-0.4, -0.2) is 43.4 Å². The van der Waals surface area contributed by atoms with Crippen molar-refractivity contribution in [2.75, 3.05) is 32.7 Å². The van der Waals surface area contributed by atoms with Crippen LogP contribution in [0.2, 0.25) is 0 Å². The first-order valence-corrected chi connectivity index (χ1v) is 4.39. The normalized spacial score (nSPS) is 12.4. The average molecular weight is 197 g/mol. The van der Waals surface area contributed by atoms with Crippen LogP contribution < -0.4 is 5.32 Å². The van der Waals surface area contributed by atoms with Gasteiger partial charge in [0.25, 0.3) is 0 Å². The molecule has 0 saturated carbocycles. The first-order valence-electron chi connectivity index (χ1n) is 4.39. The van der Waals surface area contributed by atoms with Crippen molar-refractivity contribution >= 4 is 5.95 Å². The van der Waals surface area contributed by atoms with Gasteiger partial charge in [0.05, 0.1) is 12.7 Å². The number of nitrogens with zero attached hydrogens (tertiary/aromatic N) is 2. The van der Waals surface area contributed by atoms with Crippen LogP contribution in [0, 0.1) is 0 Å². The smallest absolute Gasteiger partial charge is 0.222 e. The number of aromatic nitrogens is 2. The molecule has 1 aromatic rings. The number of nitrogens with one attached hydrogen (secondary N) is 1. The van der Waals surface area contributed by atoms with Gasteiger partial charge >= 0.3 is 0 Å². The van der Waals surface area contributed by atoms with Crippen LogP contribution in [0.1, 0.15) is 0 Å². The van der Waals surface area contributed by atoms with E-state index in [9.17, 15) is 0 Å².